The zero-order valence-corrected chi connectivity index (χ0v) is 11.7. The maximum Gasteiger partial charge on any atom is 0.417 e. The van der Waals surface area contributed by atoms with Crippen molar-refractivity contribution < 1.29 is 13.2 Å². The Bertz CT molecular complexity index is 517. The molecule has 0 fully saturated rings. The van der Waals surface area contributed by atoms with Gasteiger partial charge in [-0.15, -0.1) is 0 Å². The van der Waals surface area contributed by atoms with E-state index < -0.39 is 22.8 Å². The van der Waals surface area contributed by atoms with Gasteiger partial charge in [0.15, 0.2) is 0 Å². The van der Waals surface area contributed by atoms with Gasteiger partial charge >= 0.3 is 6.18 Å². The monoisotopic (exact) mass is 285 g/mol. The van der Waals surface area contributed by atoms with Crippen LogP contribution >= 0.6 is 0 Å². The first-order chi connectivity index (χ1) is 9.14. The molecule has 1 atom stereocenters. The van der Waals surface area contributed by atoms with Gasteiger partial charge in [0.1, 0.15) is 0 Å². The summed E-state index contributed by atoms with van der Waals surface area (Å²) in [6.07, 6.45) is -4.53. The molecule has 1 aromatic rings. The highest BCUT2D eigenvalue weighted by molar-refractivity contribution is 5.55. The van der Waals surface area contributed by atoms with E-state index in [0.29, 0.717) is 12.2 Å². The van der Waals surface area contributed by atoms with E-state index in [0.717, 1.165) is 6.07 Å². The smallest absolute Gasteiger partial charge is 0.378 e. The van der Waals surface area contributed by atoms with Gasteiger partial charge in [-0.05, 0) is 31.0 Å². The zero-order chi connectivity index (χ0) is 15.6. The first kappa shape index (κ1) is 16.3. The van der Waals surface area contributed by atoms with Crippen molar-refractivity contribution in [2.75, 3.05) is 11.9 Å². The third-order valence-electron chi connectivity index (χ3n) is 3.57. The van der Waals surface area contributed by atoms with E-state index >= 15 is 0 Å². The average molecular weight is 285 g/mol. The lowest BCUT2D eigenvalue weighted by Gasteiger charge is -2.34. The summed E-state index contributed by atoms with van der Waals surface area (Å²) in [7, 11) is 0. The van der Waals surface area contributed by atoms with Crippen molar-refractivity contribution in [2.45, 2.75) is 32.5 Å². The Morgan fingerprint density at radius 3 is 2.35 bits per heavy atom. The highest BCUT2D eigenvalue weighted by Crippen LogP contribution is 2.33. The highest BCUT2D eigenvalue weighted by Gasteiger charge is 2.34. The van der Waals surface area contributed by atoms with Gasteiger partial charge < -0.3 is 11.1 Å². The van der Waals surface area contributed by atoms with Crippen LogP contribution < -0.4 is 11.1 Å². The molecule has 1 rings (SSSR count). The number of benzene rings is 1. The Kier molecular flexibility index (Phi) is 4.66. The molecule has 0 amide bonds. The normalized spacial score (nSPS) is 14.8. The third kappa shape index (κ3) is 3.42. The number of hydrogen-bond acceptors (Lipinski definition) is 3. The average Bonchev–Trinajstić information content (AvgIpc) is 2.36. The van der Waals surface area contributed by atoms with Crippen LogP contribution in [0.3, 0.4) is 0 Å². The standard InChI is InChI=1S/C14H18F3N3/c1-9(2)13(3,8-19)20-11-4-5-12(14(15,16)17)10(6-11)7-18/h4-6,9,20H,8,19H2,1-3H3. The Labute approximate surface area is 116 Å². The Morgan fingerprint density at radius 2 is 1.95 bits per heavy atom. The minimum Gasteiger partial charge on any atom is -0.378 e. The van der Waals surface area contributed by atoms with Crippen molar-refractivity contribution >= 4 is 5.69 Å². The van der Waals surface area contributed by atoms with Crippen molar-refractivity contribution in [1.82, 2.24) is 0 Å². The molecule has 1 unspecified atom stereocenters. The van der Waals surface area contributed by atoms with Crippen molar-refractivity contribution in [3.63, 3.8) is 0 Å². The highest BCUT2D eigenvalue weighted by atomic mass is 19.4. The molecule has 6 heteroatoms. The quantitative estimate of drug-likeness (QED) is 0.891. The molecular weight excluding hydrogens is 267 g/mol. The molecule has 20 heavy (non-hydrogen) atoms. The maximum atomic E-state index is 12.7. The van der Waals surface area contributed by atoms with E-state index in [1.165, 1.54) is 12.1 Å². The SMILES string of the molecule is CC(C)C(C)(CN)Nc1ccc(C(F)(F)F)c(C#N)c1. The third-order valence-corrected chi connectivity index (χ3v) is 3.57. The van der Waals surface area contributed by atoms with Gasteiger partial charge in [-0.1, -0.05) is 13.8 Å². The molecule has 0 spiro atoms. The van der Waals surface area contributed by atoms with Gasteiger partial charge in [-0.3, -0.25) is 0 Å². The van der Waals surface area contributed by atoms with Crippen LogP contribution in [0, 0.1) is 17.2 Å². The van der Waals surface area contributed by atoms with Crippen molar-refractivity contribution in [1.29, 1.82) is 5.26 Å². The predicted octanol–water partition coefficient (Wildman–Crippen LogP) is 3.36. The van der Waals surface area contributed by atoms with Gasteiger partial charge in [0.05, 0.1) is 17.2 Å². The van der Waals surface area contributed by atoms with E-state index in [4.69, 9.17) is 11.0 Å². The van der Waals surface area contributed by atoms with Crippen LogP contribution in [0.2, 0.25) is 0 Å². The Balaban J connectivity index is 3.16. The lowest BCUT2D eigenvalue weighted by atomic mass is 9.88. The number of anilines is 1. The van der Waals surface area contributed by atoms with E-state index in [9.17, 15) is 13.2 Å². The van der Waals surface area contributed by atoms with E-state index in [2.05, 4.69) is 5.32 Å². The lowest BCUT2D eigenvalue weighted by molar-refractivity contribution is -0.137. The molecule has 0 aliphatic carbocycles. The fourth-order valence-electron chi connectivity index (χ4n) is 1.72. The zero-order valence-electron chi connectivity index (χ0n) is 11.7. The van der Waals surface area contributed by atoms with Crippen LogP contribution in [0.25, 0.3) is 0 Å². The molecule has 0 saturated carbocycles. The summed E-state index contributed by atoms with van der Waals surface area (Å²) in [5.41, 5.74) is 4.40. The lowest BCUT2D eigenvalue weighted by Crippen LogP contribution is -2.47. The van der Waals surface area contributed by atoms with Crippen LogP contribution in [0.4, 0.5) is 18.9 Å². The van der Waals surface area contributed by atoms with Crippen LogP contribution in [-0.2, 0) is 6.18 Å². The largest absolute Gasteiger partial charge is 0.417 e. The number of rotatable bonds is 4. The van der Waals surface area contributed by atoms with Gasteiger partial charge in [0.25, 0.3) is 0 Å². The second kappa shape index (κ2) is 5.71. The molecule has 0 saturated heterocycles. The minimum atomic E-state index is -4.53. The second-order valence-electron chi connectivity index (χ2n) is 5.27. The number of alkyl halides is 3. The predicted molar refractivity (Wildman–Crippen MR) is 72.1 cm³/mol. The number of hydrogen-bond donors (Lipinski definition) is 2. The summed E-state index contributed by atoms with van der Waals surface area (Å²) in [6.45, 7) is 6.15. The van der Waals surface area contributed by atoms with Crippen LogP contribution in [0.15, 0.2) is 18.2 Å². The first-order valence-electron chi connectivity index (χ1n) is 6.23. The summed E-state index contributed by atoms with van der Waals surface area (Å²) in [5, 5.41) is 12.0. The van der Waals surface area contributed by atoms with Crippen molar-refractivity contribution in [2.24, 2.45) is 11.7 Å². The Hall–Kier alpha value is -1.74. The first-order valence-corrected chi connectivity index (χ1v) is 6.23. The molecule has 0 aliphatic heterocycles. The summed E-state index contributed by atoms with van der Waals surface area (Å²) in [4.78, 5) is 0. The van der Waals surface area contributed by atoms with Crippen LogP contribution in [0.5, 0.6) is 0 Å². The van der Waals surface area contributed by atoms with Crippen molar-refractivity contribution in [3.05, 3.63) is 29.3 Å². The fraction of sp³-hybridized carbons (Fsp3) is 0.500. The molecule has 0 aromatic heterocycles. The molecule has 0 aliphatic rings. The maximum absolute atomic E-state index is 12.7. The summed E-state index contributed by atoms with van der Waals surface area (Å²) in [6, 6.07) is 5.03. The number of nitrogens with two attached hydrogens (primary N) is 1. The van der Waals surface area contributed by atoms with Gasteiger partial charge in [-0.25, -0.2) is 0 Å². The topological polar surface area (TPSA) is 61.8 Å². The molecule has 3 nitrogen and oxygen atoms in total. The summed E-state index contributed by atoms with van der Waals surface area (Å²) >= 11 is 0. The number of halogens is 3. The number of nitriles is 1. The van der Waals surface area contributed by atoms with E-state index in [1.54, 1.807) is 6.07 Å². The van der Waals surface area contributed by atoms with Crippen LogP contribution in [-0.4, -0.2) is 12.1 Å². The van der Waals surface area contributed by atoms with Crippen LogP contribution in [0.1, 0.15) is 31.9 Å². The molecule has 0 radical (unpaired) electrons. The molecule has 3 N–H and O–H groups in total. The van der Waals surface area contributed by atoms with E-state index in [-0.39, 0.29) is 5.92 Å². The van der Waals surface area contributed by atoms with Gasteiger partial charge in [0.2, 0.25) is 0 Å². The van der Waals surface area contributed by atoms with Gasteiger partial charge in [0, 0.05) is 17.8 Å². The minimum absolute atomic E-state index is 0.181. The molecule has 0 bridgehead atoms. The number of nitrogens with one attached hydrogen (secondary N) is 1. The summed E-state index contributed by atoms with van der Waals surface area (Å²) in [5.74, 6) is 0.181. The summed E-state index contributed by atoms with van der Waals surface area (Å²) < 4.78 is 38.1. The number of nitrogens with zero attached hydrogens (tertiary/aromatic N) is 1. The second-order valence-corrected chi connectivity index (χ2v) is 5.27. The molecule has 1 aromatic carbocycles. The van der Waals surface area contributed by atoms with Gasteiger partial charge in [-0.2, -0.15) is 18.4 Å². The molecule has 0 heterocycles. The molecular formula is C14H18F3N3. The fourth-order valence-corrected chi connectivity index (χ4v) is 1.72. The van der Waals surface area contributed by atoms with E-state index in [1.807, 2.05) is 20.8 Å². The van der Waals surface area contributed by atoms with Crippen molar-refractivity contribution in [3.8, 4) is 6.07 Å². The Morgan fingerprint density at radius 1 is 1.35 bits per heavy atom. The molecule has 110 valence electrons.